The van der Waals surface area contributed by atoms with E-state index < -0.39 is 0 Å². The molecule has 2 nitrogen and oxygen atoms in total. The Kier molecular flexibility index (Phi) is 3.21. The fraction of sp³-hybridized carbons (Fsp3) is 1.00. The van der Waals surface area contributed by atoms with Gasteiger partial charge in [-0.2, -0.15) is 0 Å². The summed E-state index contributed by atoms with van der Waals surface area (Å²) < 4.78 is 0. The molecule has 16 heavy (non-hydrogen) atoms. The van der Waals surface area contributed by atoms with Crippen molar-refractivity contribution in [2.45, 2.75) is 44.6 Å². The Labute approximate surface area is 99.8 Å². The second-order valence-electron chi connectivity index (χ2n) is 6.45. The number of hydrogen-bond acceptors (Lipinski definition) is 2. The highest BCUT2D eigenvalue weighted by Crippen LogP contribution is 2.48. The fourth-order valence-corrected chi connectivity index (χ4v) is 4.36. The molecule has 1 heterocycles. The van der Waals surface area contributed by atoms with Gasteiger partial charge in [-0.05, 0) is 63.5 Å². The summed E-state index contributed by atoms with van der Waals surface area (Å²) >= 11 is 0. The highest BCUT2D eigenvalue weighted by Gasteiger charge is 2.39. The van der Waals surface area contributed by atoms with Crippen molar-refractivity contribution in [1.29, 1.82) is 0 Å². The lowest BCUT2D eigenvalue weighted by molar-refractivity contribution is 0.208. The monoisotopic (exact) mass is 222 g/mol. The Morgan fingerprint density at radius 1 is 1.12 bits per heavy atom. The van der Waals surface area contributed by atoms with Crippen molar-refractivity contribution in [2.24, 2.45) is 17.8 Å². The van der Waals surface area contributed by atoms with E-state index in [-0.39, 0.29) is 0 Å². The molecule has 4 unspecified atom stereocenters. The van der Waals surface area contributed by atoms with E-state index in [0.717, 1.165) is 23.8 Å². The normalized spacial score (nSPS) is 42.4. The van der Waals surface area contributed by atoms with Crippen molar-refractivity contribution in [2.75, 3.05) is 26.7 Å². The van der Waals surface area contributed by atoms with E-state index in [1.165, 1.54) is 51.7 Å². The van der Waals surface area contributed by atoms with Crippen molar-refractivity contribution in [3.8, 4) is 0 Å². The van der Waals surface area contributed by atoms with Crippen LogP contribution in [0.2, 0.25) is 0 Å². The molecule has 0 aromatic rings. The summed E-state index contributed by atoms with van der Waals surface area (Å²) in [4.78, 5) is 2.59. The third-order valence-electron chi connectivity index (χ3n) is 5.13. The summed E-state index contributed by atoms with van der Waals surface area (Å²) in [5, 5.41) is 3.60. The van der Waals surface area contributed by atoms with Gasteiger partial charge in [0.15, 0.2) is 0 Å². The molecule has 0 amide bonds. The van der Waals surface area contributed by atoms with Crippen LogP contribution in [-0.2, 0) is 0 Å². The van der Waals surface area contributed by atoms with Crippen LogP contribution in [0.5, 0.6) is 0 Å². The summed E-state index contributed by atoms with van der Waals surface area (Å²) in [6.07, 6.45) is 8.93. The lowest BCUT2D eigenvalue weighted by atomic mass is 9.88. The predicted molar refractivity (Wildman–Crippen MR) is 67.5 cm³/mol. The molecule has 2 heteroatoms. The van der Waals surface area contributed by atoms with E-state index in [1.54, 1.807) is 6.42 Å². The molecule has 1 aliphatic heterocycles. The van der Waals surface area contributed by atoms with Gasteiger partial charge in [-0.3, -0.25) is 0 Å². The van der Waals surface area contributed by atoms with Gasteiger partial charge < -0.3 is 10.2 Å². The van der Waals surface area contributed by atoms with Crippen molar-refractivity contribution >= 4 is 0 Å². The van der Waals surface area contributed by atoms with Crippen LogP contribution in [-0.4, -0.2) is 37.6 Å². The lowest BCUT2D eigenvalue weighted by Gasteiger charge is -2.28. The average molecular weight is 222 g/mol. The molecular weight excluding hydrogens is 196 g/mol. The maximum absolute atomic E-state index is 3.60. The van der Waals surface area contributed by atoms with Gasteiger partial charge in [-0.15, -0.1) is 0 Å². The van der Waals surface area contributed by atoms with Gasteiger partial charge in [0.05, 0.1) is 0 Å². The molecule has 1 N–H and O–H groups in total. The van der Waals surface area contributed by atoms with Crippen LogP contribution in [0.1, 0.15) is 38.5 Å². The summed E-state index contributed by atoms with van der Waals surface area (Å²) in [7, 11) is 2.33. The lowest BCUT2D eigenvalue weighted by Crippen LogP contribution is -2.38. The van der Waals surface area contributed by atoms with Gasteiger partial charge >= 0.3 is 0 Å². The van der Waals surface area contributed by atoms with E-state index in [1.807, 2.05) is 0 Å². The van der Waals surface area contributed by atoms with Gasteiger partial charge in [0, 0.05) is 19.1 Å². The van der Waals surface area contributed by atoms with E-state index >= 15 is 0 Å². The van der Waals surface area contributed by atoms with Gasteiger partial charge in [0.1, 0.15) is 0 Å². The molecule has 2 bridgehead atoms. The number of nitrogens with one attached hydrogen (secondary N) is 1. The van der Waals surface area contributed by atoms with E-state index in [4.69, 9.17) is 0 Å². The summed E-state index contributed by atoms with van der Waals surface area (Å²) in [6.45, 7) is 3.87. The number of nitrogens with zero attached hydrogens (tertiary/aromatic N) is 1. The predicted octanol–water partition coefficient (Wildman–Crippen LogP) is 2.11. The Balaban J connectivity index is 1.43. The van der Waals surface area contributed by atoms with Crippen molar-refractivity contribution in [3.63, 3.8) is 0 Å². The maximum atomic E-state index is 3.60. The smallest absolute Gasteiger partial charge is 0.0195 e. The van der Waals surface area contributed by atoms with Crippen LogP contribution < -0.4 is 5.32 Å². The van der Waals surface area contributed by atoms with Crippen LogP contribution >= 0.6 is 0 Å². The zero-order chi connectivity index (χ0) is 11.0. The Hall–Kier alpha value is -0.0800. The second kappa shape index (κ2) is 4.66. The minimum absolute atomic E-state index is 0.781. The molecule has 0 spiro atoms. The van der Waals surface area contributed by atoms with Crippen LogP contribution in [0.15, 0.2) is 0 Å². The summed E-state index contributed by atoms with van der Waals surface area (Å²) in [6, 6.07) is 0.781. The van der Waals surface area contributed by atoms with E-state index in [2.05, 4.69) is 17.3 Å². The zero-order valence-corrected chi connectivity index (χ0v) is 10.6. The molecule has 3 fully saturated rings. The standard InChI is InChI=1S/C14H26N2/c1-16(10-14-3-2-6-15-14)9-13-8-11-4-5-12(13)7-11/h11-15H,2-10H2,1H3. The molecule has 0 aromatic heterocycles. The first-order valence-corrected chi connectivity index (χ1v) is 7.23. The van der Waals surface area contributed by atoms with Crippen LogP contribution in [0, 0.1) is 17.8 Å². The minimum Gasteiger partial charge on any atom is -0.313 e. The Bertz CT molecular complexity index is 235. The summed E-state index contributed by atoms with van der Waals surface area (Å²) in [5.74, 6) is 3.22. The first-order chi connectivity index (χ1) is 7.81. The van der Waals surface area contributed by atoms with Crippen LogP contribution in [0.3, 0.4) is 0 Å². The van der Waals surface area contributed by atoms with Gasteiger partial charge in [0.25, 0.3) is 0 Å². The quantitative estimate of drug-likeness (QED) is 0.784. The van der Waals surface area contributed by atoms with Gasteiger partial charge in [-0.25, -0.2) is 0 Å². The molecule has 0 radical (unpaired) electrons. The third kappa shape index (κ3) is 2.28. The van der Waals surface area contributed by atoms with E-state index in [0.29, 0.717) is 0 Å². The van der Waals surface area contributed by atoms with Crippen molar-refractivity contribution < 1.29 is 0 Å². The maximum Gasteiger partial charge on any atom is 0.0195 e. The SMILES string of the molecule is CN(CC1CCCN1)CC1CC2CCC1C2. The third-order valence-corrected chi connectivity index (χ3v) is 5.13. The highest BCUT2D eigenvalue weighted by atomic mass is 15.1. The molecule has 1 saturated heterocycles. The minimum atomic E-state index is 0.781. The van der Waals surface area contributed by atoms with E-state index in [9.17, 15) is 0 Å². The van der Waals surface area contributed by atoms with Crippen molar-refractivity contribution in [3.05, 3.63) is 0 Å². The number of fused-ring (bicyclic) bond motifs is 2. The molecule has 3 aliphatic rings. The average Bonchev–Trinajstić information content (AvgIpc) is 2.92. The van der Waals surface area contributed by atoms with Crippen LogP contribution in [0.4, 0.5) is 0 Å². The second-order valence-corrected chi connectivity index (χ2v) is 6.45. The molecule has 3 rings (SSSR count). The molecule has 2 saturated carbocycles. The number of hydrogen-bond donors (Lipinski definition) is 1. The molecule has 92 valence electrons. The van der Waals surface area contributed by atoms with Gasteiger partial charge in [0.2, 0.25) is 0 Å². The van der Waals surface area contributed by atoms with Gasteiger partial charge in [-0.1, -0.05) is 6.42 Å². The highest BCUT2D eigenvalue weighted by molar-refractivity contribution is 4.91. The zero-order valence-electron chi connectivity index (χ0n) is 10.6. The largest absolute Gasteiger partial charge is 0.313 e. The number of rotatable bonds is 4. The molecule has 0 aromatic carbocycles. The number of likely N-dealkylation sites (N-methyl/N-ethyl adjacent to an activating group) is 1. The topological polar surface area (TPSA) is 15.3 Å². The molecule has 4 atom stereocenters. The Morgan fingerprint density at radius 2 is 2.06 bits per heavy atom. The first kappa shape index (κ1) is 11.0. The fourth-order valence-electron chi connectivity index (χ4n) is 4.36. The summed E-state index contributed by atoms with van der Waals surface area (Å²) in [5.41, 5.74) is 0. The van der Waals surface area contributed by atoms with Crippen LogP contribution in [0.25, 0.3) is 0 Å². The van der Waals surface area contributed by atoms with Crippen molar-refractivity contribution in [1.82, 2.24) is 10.2 Å². The molecule has 2 aliphatic carbocycles. The molecular formula is C14H26N2. The Morgan fingerprint density at radius 3 is 2.69 bits per heavy atom. The first-order valence-electron chi connectivity index (χ1n) is 7.23.